The molecule has 29 heavy (non-hydrogen) atoms. The molecule has 4 nitrogen and oxygen atoms in total. The number of ether oxygens (including phenoxy) is 1. The van der Waals surface area contributed by atoms with Crippen molar-refractivity contribution in [1.82, 2.24) is 4.98 Å². The molecule has 0 saturated heterocycles. The summed E-state index contributed by atoms with van der Waals surface area (Å²) < 4.78 is 71.9. The van der Waals surface area contributed by atoms with E-state index in [0.29, 0.717) is 5.56 Å². The SMILES string of the molecule is Cc1cnc(Oc2ccc(NC(=O)c3c(F)cccc3F)cc2)c(C(F)(F)F)c1. The maximum atomic E-state index is 13.7. The predicted molar refractivity (Wildman–Crippen MR) is 94.8 cm³/mol. The van der Waals surface area contributed by atoms with Gasteiger partial charge in [-0.3, -0.25) is 4.79 Å². The number of hydrogen-bond acceptors (Lipinski definition) is 3. The van der Waals surface area contributed by atoms with Crippen LogP contribution in [0.3, 0.4) is 0 Å². The number of halogens is 5. The summed E-state index contributed by atoms with van der Waals surface area (Å²) in [5.41, 5.74) is -1.28. The van der Waals surface area contributed by atoms with Crippen LogP contribution in [0.2, 0.25) is 0 Å². The van der Waals surface area contributed by atoms with E-state index in [1.54, 1.807) is 0 Å². The fourth-order valence-corrected chi connectivity index (χ4v) is 2.47. The van der Waals surface area contributed by atoms with Gasteiger partial charge in [-0.05, 0) is 55.0 Å². The number of benzene rings is 2. The Labute approximate surface area is 162 Å². The number of aromatic nitrogens is 1. The Balaban J connectivity index is 1.77. The summed E-state index contributed by atoms with van der Waals surface area (Å²) in [6, 6.07) is 9.14. The van der Waals surface area contributed by atoms with Gasteiger partial charge in [-0.2, -0.15) is 13.2 Å². The van der Waals surface area contributed by atoms with Crippen LogP contribution in [0.15, 0.2) is 54.7 Å². The summed E-state index contributed by atoms with van der Waals surface area (Å²) in [7, 11) is 0. The summed E-state index contributed by atoms with van der Waals surface area (Å²) >= 11 is 0. The fraction of sp³-hybridized carbons (Fsp3) is 0.100. The topological polar surface area (TPSA) is 51.2 Å². The lowest BCUT2D eigenvalue weighted by atomic mass is 10.1. The molecule has 0 unspecified atom stereocenters. The van der Waals surface area contributed by atoms with Crippen LogP contribution in [0, 0.1) is 18.6 Å². The van der Waals surface area contributed by atoms with Gasteiger partial charge in [0.15, 0.2) is 0 Å². The number of carbonyl (C=O) groups excluding carboxylic acids is 1. The standard InChI is InChI=1S/C20H13F5N2O2/c1-11-9-14(20(23,24)25)19(26-10-11)29-13-7-5-12(6-8-13)27-18(28)17-15(21)3-2-4-16(17)22/h2-10H,1H3,(H,27,28). The zero-order valence-electron chi connectivity index (χ0n) is 14.8. The summed E-state index contributed by atoms with van der Waals surface area (Å²) in [5.74, 6) is -3.63. The molecule has 0 aliphatic carbocycles. The van der Waals surface area contributed by atoms with Crippen molar-refractivity contribution in [1.29, 1.82) is 0 Å². The van der Waals surface area contributed by atoms with Crippen LogP contribution in [-0.2, 0) is 6.18 Å². The minimum absolute atomic E-state index is 0.0296. The lowest BCUT2D eigenvalue weighted by molar-refractivity contribution is -0.138. The first-order chi connectivity index (χ1) is 13.6. The third kappa shape index (κ3) is 4.68. The summed E-state index contributed by atoms with van der Waals surface area (Å²) in [4.78, 5) is 15.7. The first-order valence-electron chi connectivity index (χ1n) is 8.22. The molecule has 0 radical (unpaired) electrons. The Kier molecular flexibility index (Phi) is 5.49. The van der Waals surface area contributed by atoms with Gasteiger partial charge in [0.25, 0.3) is 5.91 Å². The zero-order chi connectivity index (χ0) is 21.2. The Hall–Kier alpha value is -3.49. The molecular weight excluding hydrogens is 395 g/mol. The van der Waals surface area contributed by atoms with Crippen molar-refractivity contribution in [3.8, 4) is 11.6 Å². The second-order valence-electron chi connectivity index (χ2n) is 6.04. The highest BCUT2D eigenvalue weighted by molar-refractivity contribution is 6.04. The number of aryl methyl sites for hydroxylation is 1. The van der Waals surface area contributed by atoms with Crippen LogP contribution in [0.5, 0.6) is 11.6 Å². The summed E-state index contributed by atoms with van der Waals surface area (Å²) in [6.45, 7) is 1.47. The molecule has 0 atom stereocenters. The number of nitrogens with zero attached hydrogens (tertiary/aromatic N) is 1. The first-order valence-corrected chi connectivity index (χ1v) is 8.22. The van der Waals surface area contributed by atoms with E-state index in [1.807, 2.05) is 0 Å². The highest BCUT2D eigenvalue weighted by Gasteiger charge is 2.35. The van der Waals surface area contributed by atoms with E-state index in [4.69, 9.17) is 4.74 Å². The molecule has 2 aromatic carbocycles. The van der Waals surface area contributed by atoms with Crippen molar-refractivity contribution in [2.75, 3.05) is 5.32 Å². The Morgan fingerprint density at radius 3 is 2.24 bits per heavy atom. The van der Waals surface area contributed by atoms with E-state index in [1.165, 1.54) is 37.4 Å². The van der Waals surface area contributed by atoms with Gasteiger partial charge in [-0.1, -0.05) is 6.07 Å². The van der Waals surface area contributed by atoms with Gasteiger partial charge in [-0.25, -0.2) is 13.8 Å². The van der Waals surface area contributed by atoms with Crippen molar-refractivity contribution in [2.45, 2.75) is 13.1 Å². The second-order valence-corrected chi connectivity index (χ2v) is 6.04. The quantitative estimate of drug-likeness (QED) is 0.561. The predicted octanol–water partition coefficient (Wildman–Crippen LogP) is 5.73. The second kappa shape index (κ2) is 7.86. The number of pyridine rings is 1. The molecule has 3 rings (SSSR count). The van der Waals surface area contributed by atoms with E-state index in [-0.39, 0.29) is 11.4 Å². The minimum Gasteiger partial charge on any atom is -0.438 e. The van der Waals surface area contributed by atoms with Crippen molar-refractivity contribution in [2.24, 2.45) is 0 Å². The third-order valence-electron chi connectivity index (χ3n) is 3.81. The van der Waals surface area contributed by atoms with Crippen LogP contribution < -0.4 is 10.1 Å². The number of rotatable bonds is 4. The molecule has 0 bridgehead atoms. The molecule has 3 aromatic rings. The number of hydrogen-bond donors (Lipinski definition) is 1. The highest BCUT2D eigenvalue weighted by Crippen LogP contribution is 2.37. The van der Waals surface area contributed by atoms with Gasteiger partial charge < -0.3 is 10.1 Å². The Morgan fingerprint density at radius 2 is 1.66 bits per heavy atom. The Morgan fingerprint density at radius 1 is 1.03 bits per heavy atom. The lowest BCUT2D eigenvalue weighted by Crippen LogP contribution is -2.15. The van der Waals surface area contributed by atoms with Crippen LogP contribution >= 0.6 is 0 Å². The molecule has 0 saturated carbocycles. The monoisotopic (exact) mass is 408 g/mol. The molecular formula is C20H13F5N2O2. The molecule has 1 N–H and O–H groups in total. The summed E-state index contributed by atoms with van der Waals surface area (Å²) in [5, 5.41) is 2.30. The number of anilines is 1. The van der Waals surface area contributed by atoms with Gasteiger partial charge in [-0.15, -0.1) is 0 Å². The number of amides is 1. The molecule has 9 heteroatoms. The number of carbonyl (C=O) groups is 1. The molecule has 0 aliphatic rings. The number of nitrogens with one attached hydrogen (secondary N) is 1. The van der Waals surface area contributed by atoms with E-state index in [0.717, 1.165) is 24.3 Å². The third-order valence-corrected chi connectivity index (χ3v) is 3.81. The minimum atomic E-state index is -4.65. The largest absolute Gasteiger partial charge is 0.438 e. The van der Waals surface area contributed by atoms with Crippen LogP contribution in [0.25, 0.3) is 0 Å². The zero-order valence-corrected chi connectivity index (χ0v) is 14.8. The maximum Gasteiger partial charge on any atom is 0.421 e. The molecule has 0 fully saturated rings. The van der Waals surface area contributed by atoms with Gasteiger partial charge >= 0.3 is 6.18 Å². The van der Waals surface area contributed by atoms with Crippen LogP contribution in [0.4, 0.5) is 27.6 Å². The highest BCUT2D eigenvalue weighted by atomic mass is 19.4. The normalized spacial score (nSPS) is 11.2. The fourth-order valence-electron chi connectivity index (χ4n) is 2.47. The van der Waals surface area contributed by atoms with Crippen LogP contribution in [0.1, 0.15) is 21.5 Å². The maximum absolute atomic E-state index is 13.7. The van der Waals surface area contributed by atoms with Gasteiger partial charge in [0.2, 0.25) is 5.88 Å². The molecule has 150 valence electrons. The molecule has 0 spiro atoms. The van der Waals surface area contributed by atoms with Crippen molar-refractivity contribution < 1.29 is 31.5 Å². The Bertz CT molecular complexity index is 1030. The molecule has 1 aromatic heterocycles. The molecule has 0 aliphatic heterocycles. The average Bonchev–Trinajstić information content (AvgIpc) is 2.64. The first kappa shape index (κ1) is 20.2. The van der Waals surface area contributed by atoms with Crippen molar-refractivity contribution in [3.63, 3.8) is 0 Å². The van der Waals surface area contributed by atoms with Gasteiger partial charge in [0, 0.05) is 11.9 Å². The van der Waals surface area contributed by atoms with Crippen LogP contribution in [-0.4, -0.2) is 10.9 Å². The van der Waals surface area contributed by atoms with Gasteiger partial charge in [0.05, 0.1) is 0 Å². The van der Waals surface area contributed by atoms with Crippen molar-refractivity contribution >= 4 is 11.6 Å². The van der Waals surface area contributed by atoms with E-state index in [9.17, 15) is 26.7 Å². The number of alkyl halides is 3. The van der Waals surface area contributed by atoms with Crippen molar-refractivity contribution in [3.05, 3.63) is 83.1 Å². The van der Waals surface area contributed by atoms with E-state index in [2.05, 4.69) is 10.3 Å². The lowest BCUT2D eigenvalue weighted by Gasteiger charge is -2.13. The molecule has 1 heterocycles. The van der Waals surface area contributed by atoms with E-state index < -0.39 is 40.7 Å². The van der Waals surface area contributed by atoms with E-state index >= 15 is 0 Å². The van der Waals surface area contributed by atoms with Gasteiger partial charge in [0.1, 0.15) is 28.5 Å². The molecule has 1 amide bonds. The average molecular weight is 408 g/mol. The smallest absolute Gasteiger partial charge is 0.421 e. The summed E-state index contributed by atoms with van der Waals surface area (Å²) in [6.07, 6.45) is -3.41.